The van der Waals surface area contributed by atoms with Crippen LogP contribution in [-0.2, 0) is 14.3 Å². The zero-order chi connectivity index (χ0) is 20.1. The van der Waals surface area contributed by atoms with Crippen LogP contribution in [0.5, 0.6) is 0 Å². The molecule has 0 spiro atoms. The van der Waals surface area contributed by atoms with E-state index in [4.69, 9.17) is 9.26 Å². The van der Waals surface area contributed by atoms with Gasteiger partial charge in [-0.3, -0.25) is 9.59 Å². The summed E-state index contributed by atoms with van der Waals surface area (Å²) in [5, 5.41) is 7.66. The van der Waals surface area contributed by atoms with Crippen molar-refractivity contribution in [2.24, 2.45) is 0 Å². The summed E-state index contributed by atoms with van der Waals surface area (Å²) in [7, 11) is 0. The number of ether oxygens (including phenoxy) is 1. The number of esters is 1. The number of aryl methyl sites for hydroxylation is 2. The van der Waals surface area contributed by atoms with E-state index < -0.39 is 54.1 Å². The van der Waals surface area contributed by atoms with Gasteiger partial charge in [0.1, 0.15) is 11.3 Å². The molecular formula is C16H14F3N3O5. The number of anilines is 1. The number of amides is 2. The molecule has 1 aromatic heterocycles. The van der Waals surface area contributed by atoms with Crippen LogP contribution in [0, 0.1) is 31.3 Å². The highest BCUT2D eigenvalue weighted by Gasteiger charge is 2.20. The molecule has 0 bridgehead atoms. The summed E-state index contributed by atoms with van der Waals surface area (Å²) in [5.74, 6) is -7.01. The number of nitrogens with zero attached hydrogens (tertiary/aromatic N) is 1. The number of nitrogens with one attached hydrogen (secondary N) is 2. The van der Waals surface area contributed by atoms with Crippen molar-refractivity contribution in [2.45, 2.75) is 13.8 Å². The average Bonchev–Trinajstić information content (AvgIpc) is 2.97. The fourth-order valence-electron chi connectivity index (χ4n) is 2.02. The predicted molar refractivity (Wildman–Crippen MR) is 84.2 cm³/mol. The molecule has 8 nitrogen and oxygen atoms in total. The molecule has 2 aromatic rings. The van der Waals surface area contributed by atoms with Crippen molar-refractivity contribution in [1.82, 2.24) is 10.5 Å². The Hall–Kier alpha value is -3.37. The van der Waals surface area contributed by atoms with Crippen LogP contribution in [0.3, 0.4) is 0 Å². The van der Waals surface area contributed by atoms with Crippen LogP contribution in [0.2, 0.25) is 0 Å². The van der Waals surface area contributed by atoms with E-state index in [0.29, 0.717) is 11.8 Å². The summed E-state index contributed by atoms with van der Waals surface area (Å²) in [6.07, 6.45) is 0. The van der Waals surface area contributed by atoms with Gasteiger partial charge in [0.05, 0.1) is 17.9 Å². The maximum absolute atomic E-state index is 13.4. The topological polar surface area (TPSA) is 111 Å². The van der Waals surface area contributed by atoms with Gasteiger partial charge in [0.2, 0.25) is 5.91 Å². The first-order valence-corrected chi connectivity index (χ1v) is 7.50. The number of halogens is 3. The molecule has 0 atom stereocenters. The van der Waals surface area contributed by atoms with Gasteiger partial charge in [-0.05, 0) is 26.0 Å². The standard InChI is InChI=1S/C16H14F3N3O5/c1-7-13(8(2)27-22-7)16(25)26-6-12(24)20-5-11(23)21-10-4-3-9(17)14(18)15(10)19/h3-4H,5-6H2,1-2H3,(H,20,24)(H,21,23). The molecule has 1 aromatic carbocycles. The highest BCUT2D eigenvalue weighted by atomic mass is 19.2. The van der Waals surface area contributed by atoms with Crippen molar-refractivity contribution in [3.8, 4) is 0 Å². The van der Waals surface area contributed by atoms with Crippen molar-refractivity contribution >= 4 is 23.5 Å². The Balaban J connectivity index is 1.81. The summed E-state index contributed by atoms with van der Waals surface area (Å²) in [6, 6.07) is 1.47. The number of carbonyl (C=O) groups excluding carboxylic acids is 3. The number of benzene rings is 1. The minimum absolute atomic E-state index is 0.0920. The number of carbonyl (C=O) groups is 3. The average molecular weight is 385 g/mol. The molecule has 0 fully saturated rings. The van der Waals surface area contributed by atoms with Gasteiger partial charge in [0.15, 0.2) is 24.1 Å². The molecule has 0 unspecified atom stereocenters. The third-order valence-corrected chi connectivity index (χ3v) is 3.33. The SMILES string of the molecule is Cc1noc(C)c1C(=O)OCC(=O)NCC(=O)Nc1ccc(F)c(F)c1F. The minimum atomic E-state index is -1.73. The molecule has 2 N–H and O–H groups in total. The predicted octanol–water partition coefficient (Wildman–Crippen LogP) is 1.62. The molecular weight excluding hydrogens is 371 g/mol. The quantitative estimate of drug-likeness (QED) is 0.578. The Bertz CT molecular complexity index is 878. The molecule has 0 saturated heterocycles. The first kappa shape index (κ1) is 19.9. The van der Waals surface area contributed by atoms with Crippen LogP contribution in [0.1, 0.15) is 21.8 Å². The van der Waals surface area contributed by atoms with E-state index in [1.807, 2.05) is 5.32 Å². The molecule has 0 saturated carbocycles. The fourth-order valence-corrected chi connectivity index (χ4v) is 2.02. The largest absolute Gasteiger partial charge is 0.452 e. The van der Waals surface area contributed by atoms with E-state index in [9.17, 15) is 27.6 Å². The van der Waals surface area contributed by atoms with Crippen molar-refractivity contribution in [1.29, 1.82) is 0 Å². The van der Waals surface area contributed by atoms with E-state index in [-0.39, 0.29) is 11.3 Å². The van der Waals surface area contributed by atoms with Crippen molar-refractivity contribution in [3.63, 3.8) is 0 Å². The maximum atomic E-state index is 13.4. The summed E-state index contributed by atoms with van der Waals surface area (Å²) in [5.41, 5.74) is -0.196. The molecule has 144 valence electrons. The Kier molecular flexibility index (Phi) is 6.16. The lowest BCUT2D eigenvalue weighted by Crippen LogP contribution is -2.35. The molecule has 0 aliphatic rings. The van der Waals surface area contributed by atoms with E-state index in [1.54, 1.807) is 0 Å². The van der Waals surface area contributed by atoms with Gasteiger partial charge in [-0.15, -0.1) is 0 Å². The number of hydrogen-bond donors (Lipinski definition) is 2. The van der Waals surface area contributed by atoms with Crippen molar-refractivity contribution in [2.75, 3.05) is 18.5 Å². The first-order valence-electron chi connectivity index (χ1n) is 7.50. The van der Waals surface area contributed by atoms with Crippen LogP contribution in [0.15, 0.2) is 16.7 Å². The molecule has 0 aliphatic heterocycles. The Labute approximate surface area is 150 Å². The van der Waals surface area contributed by atoms with Gasteiger partial charge in [-0.2, -0.15) is 0 Å². The van der Waals surface area contributed by atoms with Crippen molar-refractivity contribution < 1.29 is 36.8 Å². The first-order chi connectivity index (χ1) is 12.7. The van der Waals surface area contributed by atoms with Gasteiger partial charge in [-0.25, -0.2) is 18.0 Å². The lowest BCUT2D eigenvalue weighted by atomic mass is 10.2. The number of rotatable bonds is 6. The second-order valence-corrected chi connectivity index (χ2v) is 5.32. The monoisotopic (exact) mass is 385 g/mol. The van der Waals surface area contributed by atoms with Crippen LogP contribution in [-0.4, -0.2) is 36.1 Å². The molecule has 27 heavy (non-hydrogen) atoms. The van der Waals surface area contributed by atoms with E-state index >= 15 is 0 Å². The van der Waals surface area contributed by atoms with Gasteiger partial charge in [0, 0.05) is 0 Å². The molecule has 1 heterocycles. The second-order valence-electron chi connectivity index (χ2n) is 5.32. The molecule has 0 aliphatic carbocycles. The Morgan fingerprint density at radius 2 is 1.81 bits per heavy atom. The van der Waals surface area contributed by atoms with Crippen LogP contribution < -0.4 is 10.6 Å². The lowest BCUT2D eigenvalue weighted by Gasteiger charge is -2.09. The van der Waals surface area contributed by atoms with Gasteiger partial charge < -0.3 is 19.9 Å². The summed E-state index contributed by atoms with van der Waals surface area (Å²) in [6.45, 7) is 1.73. The Morgan fingerprint density at radius 3 is 2.44 bits per heavy atom. The lowest BCUT2D eigenvalue weighted by molar-refractivity contribution is -0.126. The summed E-state index contributed by atoms with van der Waals surface area (Å²) >= 11 is 0. The van der Waals surface area contributed by atoms with Gasteiger partial charge >= 0.3 is 5.97 Å². The summed E-state index contributed by atoms with van der Waals surface area (Å²) in [4.78, 5) is 35.1. The normalized spacial score (nSPS) is 10.4. The van der Waals surface area contributed by atoms with Crippen molar-refractivity contribution in [3.05, 3.63) is 46.6 Å². The van der Waals surface area contributed by atoms with E-state index in [2.05, 4.69) is 10.5 Å². The number of aromatic nitrogens is 1. The Morgan fingerprint density at radius 1 is 1.11 bits per heavy atom. The molecule has 11 heteroatoms. The van der Waals surface area contributed by atoms with E-state index in [1.165, 1.54) is 13.8 Å². The highest BCUT2D eigenvalue weighted by Crippen LogP contribution is 2.19. The molecule has 0 radical (unpaired) electrons. The van der Waals surface area contributed by atoms with Crippen LogP contribution in [0.4, 0.5) is 18.9 Å². The highest BCUT2D eigenvalue weighted by molar-refractivity contribution is 5.96. The molecule has 2 amide bonds. The van der Waals surface area contributed by atoms with E-state index in [0.717, 1.165) is 6.07 Å². The van der Waals surface area contributed by atoms with Gasteiger partial charge in [0.25, 0.3) is 5.91 Å². The second kappa shape index (κ2) is 8.34. The zero-order valence-corrected chi connectivity index (χ0v) is 14.2. The van der Waals surface area contributed by atoms with Crippen LogP contribution in [0.25, 0.3) is 0 Å². The van der Waals surface area contributed by atoms with Gasteiger partial charge in [-0.1, -0.05) is 5.16 Å². The molecule has 2 rings (SSSR count). The fraction of sp³-hybridized carbons (Fsp3) is 0.250. The summed E-state index contributed by atoms with van der Waals surface area (Å²) < 4.78 is 48.9. The number of hydrogen-bond acceptors (Lipinski definition) is 6. The zero-order valence-electron chi connectivity index (χ0n) is 14.2. The minimum Gasteiger partial charge on any atom is -0.452 e. The third kappa shape index (κ3) is 4.84. The smallest absolute Gasteiger partial charge is 0.344 e. The maximum Gasteiger partial charge on any atom is 0.344 e. The third-order valence-electron chi connectivity index (χ3n) is 3.33. The van der Waals surface area contributed by atoms with Crippen LogP contribution >= 0.6 is 0 Å².